The number of rotatable bonds is 10. The minimum Gasteiger partial charge on any atom is -0.377 e. The fraction of sp³-hybridized carbons (Fsp3) is 0.304. The summed E-state index contributed by atoms with van der Waals surface area (Å²) < 4.78 is 7.49. The first-order valence-corrected chi connectivity index (χ1v) is 9.88. The van der Waals surface area contributed by atoms with Gasteiger partial charge in [-0.1, -0.05) is 54.6 Å². The fourth-order valence-electron chi connectivity index (χ4n) is 3.11. The fourth-order valence-corrected chi connectivity index (χ4v) is 3.11. The van der Waals surface area contributed by atoms with Crippen LogP contribution in [-0.2, 0) is 35.6 Å². The molecule has 1 aromatic heterocycles. The minimum absolute atomic E-state index is 0.186. The molecular weight excluding hydrogens is 364 g/mol. The van der Waals surface area contributed by atoms with Crippen molar-refractivity contribution < 1.29 is 9.53 Å². The molecule has 6 heteroatoms. The Balaban J connectivity index is 1.51. The van der Waals surface area contributed by atoms with Crippen molar-refractivity contribution in [3.05, 3.63) is 89.5 Å². The van der Waals surface area contributed by atoms with Gasteiger partial charge in [0.05, 0.1) is 24.7 Å². The van der Waals surface area contributed by atoms with E-state index in [2.05, 4.69) is 22.4 Å². The number of hydrogen-bond acceptors (Lipinski definition) is 4. The third-order valence-corrected chi connectivity index (χ3v) is 4.69. The smallest absolute Gasteiger partial charge is 0.237 e. The Morgan fingerprint density at radius 2 is 1.86 bits per heavy atom. The van der Waals surface area contributed by atoms with Crippen LogP contribution in [0, 0.1) is 0 Å². The van der Waals surface area contributed by atoms with E-state index in [-0.39, 0.29) is 5.91 Å². The Bertz CT molecular complexity index is 908. The Hall–Kier alpha value is -2.96. The molecule has 3 N–H and O–H groups in total. The van der Waals surface area contributed by atoms with Gasteiger partial charge in [0.1, 0.15) is 0 Å². The van der Waals surface area contributed by atoms with E-state index in [1.54, 1.807) is 6.33 Å². The number of imidazole rings is 1. The standard InChI is InChI=1S/C23H28N4O2/c1-2-29-16-20-11-7-6-10-19(20)13-25-23(28)22(24)12-21-15-27(17-26-21)14-18-8-4-3-5-9-18/h3-11,15,17,22H,2,12-14,16,24H2,1H3,(H,25,28)/t22-/m0/s1. The van der Waals surface area contributed by atoms with E-state index in [9.17, 15) is 4.79 Å². The minimum atomic E-state index is -0.644. The van der Waals surface area contributed by atoms with E-state index in [0.717, 1.165) is 23.4 Å². The van der Waals surface area contributed by atoms with Crippen LogP contribution in [0.5, 0.6) is 0 Å². The molecule has 152 valence electrons. The highest BCUT2D eigenvalue weighted by molar-refractivity contribution is 5.81. The zero-order valence-corrected chi connectivity index (χ0v) is 16.8. The van der Waals surface area contributed by atoms with Crippen LogP contribution in [0.25, 0.3) is 0 Å². The molecule has 0 aliphatic carbocycles. The summed E-state index contributed by atoms with van der Waals surface area (Å²) in [7, 11) is 0. The maximum atomic E-state index is 12.4. The number of amides is 1. The summed E-state index contributed by atoms with van der Waals surface area (Å²) in [5.74, 6) is -0.186. The van der Waals surface area contributed by atoms with Crippen LogP contribution in [0.15, 0.2) is 67.1 Å². The van der Waals surface area contributed by atoms with Gasteiger partial charge in [0, 0.05) is 32.3 Å². The first kappa shape index (κ1) is 20.8. The van der Waals surface area contributed by atoms with Crippen LogP contribution < -0.4 is 11.1 Å². The second kappa shape index (κ2) is 10.5. The number of carbonyl (C=O) groups excluding carboxylic acids is 1. The van der Waals surface area contributed by atoms with Crippen LogP contribution in [0.2, 0.25) is 0 Å². The molecule has 0 saturated carbocycles. The van der Waals surface area contributed by atoms with E-state index in [1.807, 2.05) is 60.2 Å². The molecule has 0 fully saturated rings. The van der Waals surface area contributed by atoms with Crippen LogP contribution >= 0.6 is 0 Å². The summed E-state index contributed by atoms with van der Waals surface area (Å²) in [4.78, 5) is 16.8. The summed E-state index contributed by atoms with van der Waals surface area (Å²) in [6, 6.07) is 17.4. The van der Waals surface area contributed by atoms with E-state index in [0.29, 0.717) is 26.2 Å². The van der Waals surface area contributed by atoms with Crippen molar-refractivity contribution in [1.29, 1.82) is 0 Å². The van der Waals surface area contributed by atoms with Crippen molar-refractivity contribution >= 4 is 5.91 Å². The van der Waals surface area contributed by atoms with Crippen molar-refractivity contribution in [3.63, 3.8) is 0 Å². The summed E-state index contributed by atoms with van der Waals surface area (Å²) >= 11 is 0. The lowest BCUT2D eigenvalue weighted by Crippen LogP contribution is -2.41. The molecule has 29 heavy (non-hydrogen) atoms. The zero-order valence-electron chi connectivity index (χ0n) is 16.8. The molecule has 0 aliphatic rings. The van der Waals surface area contributed by atoms with E-state index in [1.165, 1.54) is 5.56 Å². The molecule has 3 rings (SSSR count). The highest BCUT2D eigenvalue weighted by Gasteiger charge is 2.16. The molecular formula is C23H28N4O2. The summed E-state index contributed by atoms with van der Waals surface area (Å²) in [6.07, 6.45) is 4.11. The summed E-state index contributed by atoms with van der Waals surface area (Å²) in [5, 5.41) is 2.93. The van der Waals surface area contributed by atoms with Gasteiger partial charge in [-0.05, 0) is 23.6 Å². The second-order valence-corrected chi connectivity index (χ2v) is 6.96. The van der Waals surface area contributed by atoms with Crippen LogP contribution in [0.4, 0.5) is 0 Å². The number of benzene rings is 2. The molecule has 2 aromatic carbocycles. The van der Waals surface area contributed by atoms with Gasteiger partial charge in [-0.25, -0.2) is 4.98 Å². The topological polar surface area (TPSA) is 82.2 Å². The molecule has 0 bridgehead atoms. The first-order chi connectivity index (χ1) is 14.2. The predicted molar refractivity (Wildman–Crippen MR) is 113 cm³/mol. The highest BCUT2D eigenvalue weighted by Crippen LogP contribution is 2.10. The van der Waals surface area contributed by atoms with Gasteiger partial charge in [-0.15, -0.1) is 0 Å². The van der Waals surface area contributed by atoms with Crippen LogP contribution in [-0.4, -0.2) is 28.1 Å². The number of nitrogens with zero attached hydrogens (tertiary/aromatic N) is 2. The summed E-state index contributed by atoms with van der Waals surface area (Å²) in [5.41, 5.74) is 10.2. The van der Waals surface area contributed by atoms with Crippen molar-refractivity contribution in [2.75, 3.05) is 6.61 Å². The zero-order chi connectivity index (χ0) is 20.5. The Kier molecular flexibility index (Phi) is 7.55. The lowest BCUT2D eigenvalue weighted by atomic mass is 10.1. The number of aromatic nitrogens is 2. The van der Waals surface area contributed by atoms with Crippen molar-refractivity contribution in [2.24, 2.45) is 5.73 Å². The SMILES string of the molecule is CCOCc1ccccc1CNC(=O)[C@@H](N)Cc1cn(Cc2ccccc2)cn1. The maximum Gasteiger partial charge on any atom is 0.237 e. The largest absolute Gasteiger partial charge is 0.377 e. The van der Waals surface area contributed by atoms with Gasteiger partial charge < -0.3 is 20.4 Å². The molecule has 0 saturated heterocycles. The molecule has 3 aromatic rings. The molecule has 1 atom stereocenters. The maximum absolute atomic E-state index is 12.4. The van der Waals surface area contributed by atoms with Gasteiger partial charge in [0.2, 0.25) is 5.91 Å². The molecule has 1 heterocycles. The lowest BCUT2D eigenvalue weighted by Gasteiger charge is -2.13. The Labute approximate surface area is 171 Å². The number of hydrogen-bond donors (Lipinski definition) is 2. The first-order valence-electron chi connectivity index (χ1n) is 9.88. The Morgan fingerprint density at radius 3 is 2.62 bits per heavy atom. The van der Waals surface area contributed by atoms with Gasteiger partial charge in [0.15, 0.2) is 0 Å². The van der Waals surface area contributed by atoms with Gasteiger partial charge in [-0.3, -0.25) is 4.79 Å². The highest BCUT2D eigenvalue weighted by atomic mass is 16.5. The van der Waals surface area contributed by atoms with Crippen molar-refractivity contribution in [2.45, 2.75) is 39.1 Å². The molecule has 6 nitrogen and oxygen atoms in total. The summed E-state index contributed by atoms with van der Waals surface area (Å²) in [6.45, 7) is 4.32. The van der Waals surface area contributed by atoms with E-state index < -0.39 is 6.04 Å². The van der Waals surface area contributed by atoms with Gasteiger partial charge in [0.25, 0.3) is 0 Å². The molecule has 0 radical (unpaired) electrons. The lowest BCUT2D eigenvalue weighted by molar-refractivity contribution is -0.122. The molecule has 1 amide bonds. The normalized spacial score (nSPS) is 11.9. The van der Waals surface area contributed by atoms with Gasteiger partial charge in [-0.2, -0.15) is 0 Å². The average molecular weight is 393 g/mol. The Morgan fingerprint density at radius 1 is 1.14 bits per heavy atom. The van der Waals surface area contributed by atoms with Crippen molar-refractivity contribution in [3.8, 4) is 0 Å². The third kappa shape index (κ3) is 6.27. The number of nitrogens with one attached hydrogen (secondary N) is 1. The number of ether oxygens (including phenoxy) is 1. The second-order valence-electron chi connectivity index (χ2n) is 6.96. The predicted octanol–water partition coefficient (Wildman–Crippen LogP) is 2.65. The number of nitrogens with two attached hydrogens (primary N) is 1. The molecule has 0 spiro atoms. The average Bonchev–Trinajstić information content (AvgIpc) is 3.18. The molecule has 0 unspecified atom stereocenters. The van der Waals surface area contributed by atoms with E-state index in [4.69, 9.17) is 10.5 Å². The van der Waals surface area contributed by atoms with E-state index >= 15 is 0 Å². The third-order valence-electron chi connectivity index (χ3n) is 4.69. The van der Waals surface area contributed by atoms with Crippen LogP contribution in [0.3, 0.4) is 0 Å². The van der Waals surface area contributed by atoms with Crippen LogP contribution in [0.1, 0.15) is 29.3 Å². The quantitative estimate of drug-likeness (QED) is 0.556. The van der Waals surface area contributed by atoms with Gasteiger partial charge >= 0.3 is 0 Å². The van der Waals surface area contributed by atoms with Crippen molar-refractivity contribution in [1.82, 2.24) is 14.9 Å². The number of carbonyl (C=O) groups is 1. The molecule has 0 aliphatic heterocycles. The monoisotopic (exact) mass is 392 g/mol.